The van der Waals surface area contributed by atoms with Gasteiger partial charge in [-0.3, -0.25) is 9.59 Å². The normalized spacial score (nSPS) is 14.0. The van der Waals surface area contributed by atoms with Crippen molar-refractivity contribution in [1.29, 1.82) is 0 Å². The summed E-state index contributed by atoms with van der Waals surface area (Å²) in [5, 5.41) is 5.70. The third-order valence-corrected chi connectivity index (χ3v) is 4.49. The molecule has 6 nitrogen and oxygen atoms in total. The van der Waals surface area contributed by atoms with Crippen LogP contribution in [0, 0.1) is 12.7 Å². The van der Waals surface area contributed by atoms with Gasteiger partial charge in [-0.25, -0.2) is 9.37 Å². The highest BCUT2D eigenvalue weighted by Gasteiger charge is 2.23. The lowest BCUT2D eigenvalue weighted by Gasteiger charge is -2.20. The van der Waals surface area contributed by atoms with E-state index in [9.17, 15) is 14.0 Å². The summed E-state index contributed by atoms with van der Waals surface area (Å²) >= 11 is 0. The molecule has 3 rings (SSSR count). The Morgan fingerprint density at radius 1 is 1.31 bits per heavy atom. The molecule has 1 aromatic carbocycles. The number of benzene rings is 1. The standard InChI is InChI=1S/C19H23FN4O2/c1-10-14(17(26)24-18(22-10)19(2,3)4)16(25)23-13-6-5-11-9-21-8-7-12(11)15(13)20/h5-6,21H,7-9H2,1-4H3,(H,23,25)(H,22,24,26). The number of hydrogen-bond donors (Lipinski definition) is 3. The number of nitrogens with zero attached hydrogens (tertiary/aromatic N) is 1. The molecule has 0 atom stereocenters. The maximum Gasteiger partial charge on any atom is 0.264 e. The third kappa shape index (κ3) is 3.39. The molecule has 2 aromatic rings. The van der Waals surface area contributed by atoms with Gasteiger partial charge in [0.15, 0.2) is 0 Å². The van der Waals surface area contributed by atoms with Crippen LogP contribution in [0.1, 0.15) is 53.8 Å². The van der Waals surface area contributed by atoms with Gasteiger partial charge in [0.2, 0.25) is 0 Å². The molecule has 0 bridgehead atoms. The van der Waals surface area contributed by atoms with Gasteiger partial charge in [-0.05, 0) is 37.1 Å². The van der Waals surface area contributed by atoms with Crippen molar-refractivity contribution in [2.24, 2.45) is 0 Å². The van der Waals surface area contributed by atoms with Crippen molar-refractivity contribution in [2.45, 2.75) is 46.1 Å². The predicted molar refractivity (Wildman–Crippen MR) is 98.1 cm³/mol. The van der Waals surface area contributed by atoms with Crippen molar-refractivity contribution in [2.75, 3.05) is 11.9 Å². The molecular formula is C19H23FN4O2. The Kier molecular flexibility index (Phi) is 4.66. The van der Waals surface area contributed by atoms with E-state index in [1.807, 2.05) is 20.8 Å². The molecule has 26 heavy (non-hydrogen) atoms. The number of aryl methyl sites for hydroxylation is 1. The second-order valence-corrected chi connectivity index (χ2v) is 7.57. The first-order chi connectivity index (χ1) is 12.2. The number of carbonyl (C=O) groups excluding carboxylic acids is 1. The second kappa shape index (κ2) is 6.64. The van der Waals surface area contributed by atoms with E-state index < -0.39 is 17.3 Å². The van der Waals surface area contributed by atoms with Crippen LogP contribution in [0.4, 0.5) is 10.1 Å². The highest BCUT2D eigenvalue weighted by molar-refractivity contribution is 6.04. The number of H-pyrrole nitrogens is 1. The number of amides is 1. The summed E-state index contributed by atoms with van der Waals surface area (Å²) in [5.74, 6) is -0.598. The molecule has 2 heterocycles. The molecule has 0 unspecified atom stereocenters. The van der Waals surface area contributed by atoms with Crippen LogP contribution in [0.2, 0.25) is 0 Å². The summed E-state index contributed by atoms with van der Waals surface area (Å²) in [4.78, 5) is 32.0. The van der Waals surface area contributed by atoms with E-state index in [-0.39, 0.29) is 16.7 Å². The molecule has 1 aliphatic rings. The van der Waals surface area contributed by atoms with Crippen molar-refractivity contribution in [3.05, 3.63) is 56.5 Å². The lowest BCUT2D eigenvalue weighted by atomic mass is 9.95. The van der Waals surface area contributed by atoms with Crippen LogP contribution in [0.3, 0.4) is 0 Å². The minimum Gasteiger partial charge on any atom is -0.319 e. The Labute approximate surface area is 151 Å². The summed E-state index contributed by atoms with van der Waals surface area (Å²) in [7, 11) is 0. The van der Waals surface area contributed by atoms with Crippen molar-refractivity contribution < 1.29 is 9.18 Å². The maximum absolute atomic E-state index is 14.7. The molecule has 0 aliphatic carbocycles. The highest BCUT2D eigenvalue weighted by atomic mass is 19.1. The summed E-state index contributed by atoms with van der Waals surface area (Å²) in [6.45, 7) is 8.66. The largest absolute Gasteiger partial charge is 0.319 e. The SMILES string of the molecule is Cc1nc(C(C)(C)C)[nH]c(=O)c1C(=O)Nc1ccc2c(c1F)CCNC2. The molecule has 1 aliphatic heterocycles. The van der Waals surface area contributed by atoms with Crippen LogP contribution in [0.5, 0.6) is 0 Å². The van der Waals surface area contributed by atoms with Crippen LogP contribution in [-0.4, -0.2) is 22.4 Å². The lowest BCUT2D eigenvalue weighted by molar-refractivity contribution is 0.102. The van der Waals surface area contributed by atoms with Crippen LogP contribution in [0.25, 0.3) is 0 Å². The van der Waals surface area contributed by atoms with Gasteiger partial charge in [0.05, 0.1) is 11.4 Å². The van der Waals surface area contributed by atoms with Crippen molar-refractivity contribution >= 4 is 11.6 Å². The molecule has 1 aromatic heterocycles. The van der Waals surface area contributed by atoms with E-state index in [4.69, 9.17) is 0 Å². The van der Waals surface area contributed by atoms with E-state index in [0.29, 0.717) is 36.6 Å². The molecule has 7 heteroatoms. The van der Waals surface area contributed by atoms with E-state index in [1.165, 1.54) is 6.07 Å². The van der Waals surface area contributed by atoms with E-state index in [2.05, 4.69) is 20.6 Å². The minimum atomic E-state index is -0.663. The number of aromatic amines is 1. The van der Waals surface area contributed by atoms with E-state index >= 15 is 0 Å². The molecule has 0 saturated heterocycles. The Morgan fingerprint density at radius 3 is 2.69 bits per heavy atom. The number of anilines is 1. The Hall–Kier alpha value is -2.54. The number of halogens is 1. The van der Waals surface area contributed by atoms with Gasteiger partial charge >= 0.3 is 0 Å². The van der Waals surface area contributed by atoms with Crippen LogP contribution in [0.15, 0.2) is 16.9 Å². The van der Waals surface area contributed by atoms with Gasteiger partial charge in [-0.15, -0.1) is 0 Å². The maximum atomic E-state index is 14.7. The number of rotatable bonds is 2. The van der Waals surface area contributed by atoms with Gasteiger partial charge in [-0.2, -0.15) is 0 Å². The number of carbonyl (C=O) groups is 1. The van der Waals surface area contributed by atoms with E-state index in [1.54, 1.807) is 13.0 Å². The first kappa shape index (κ1) is 18.3. The zero-order chi connectivity index (χ0) is 19.1. The zero-order valence-electron chi connectivity index (χ0n) is 15.4. The quantitative estimate of drug-likeness (QED) is 0.769. The summed E-state index contributed by atoms with van der Waals surface area (Å²) < 4.78 is 14.7. The molecule has 138 valence electrons. The molecule has 1 amide bonds. The zero-order valence-corrected chi connectivity index (χ0v) is 15.4. The number of hydrogen-bond acceptors (Lipinski definition) is 4. The number of fused-ring (bicyclic) bond motifs is 1. The Morgan fingerprint density at radius 2 is 2.04 bits per heavy atom. The molecular weight excluding hydrogens is 335 g/mol. The summed E-state index contributed by atoms with van der Waals surface area (Å²) in [6.07, 6.45) is 0.562. The number of nitrogens with one attached hydrogen (secondary N) is 3. The fourth-order valence-corrected chi connectivity index (χ4v) is 3.02. The Balaban J connectivity index is 1.93. The van der Waals surface area contributed by atoms with E-state index in [0.717, 1.165) is 5.56 Å². The average molecular weight is 358 g/mol. The minimum absolute atomic E-state index is 0.0781. The lowest BCUT2D eigenvalue weighted by Crippen LogP contribution is -2.30. The molecule has 0 fully saturated rings. The first-order valence-corrected chi connectivity index (χ1v) is 8.62. The van der Waals surface area contributed by atoms with Gasteiger partial charge < -0.3 is 15.6 Å². The molecule has 0 spiro atoms. The highest BCUT2D eigenvalue weighted by Crippen LogP contribution is 2.25. The Bertz CT molecular complexity index is 928. The van der Waals surface area contributed by atoms with Crippen molar-refractivity contribution in [1.82, 2.24) is 15.3 Å². The van der Waals surface area contributed by atoms with Gasteiger partial charge in [0.1, 0.15) is 17.2 Å². The van der Waals surface area contributed by atoms with Crippen LogP contribution >= 0.6 is 0 Å². The summed E-state index contributed by atoms with van der Waals surface area (Å²) in [6, 6.07) is 3.32. The average Bonchev–Trinajstić information content (AvgIpc) is 2.56. The fourth-order valence-electron chi connectivity index (χ4n) is 3.02. The van der Waals surface area contributed by atoms with Crippen LogP contribution < -0.4 is 16.2 Å². The first-order valence-electron chi connectivity index (χ1n) is 8.62. The van der Waals surface area contributed by atoms with Crippen LogP contribution in [-0.2, 0) is 18.4 Å². The second-order valence-electron chi connectivity index (χ2n) is 7.57. The van der Waals surface area contributed by atoms with Crippen molar-refractivity contribution in [3.63, 3.8) is 0 Å². The molecule has 0 saturated carbocycles. The third-order valence-electron chi connectivity index (χ3n) is 4.49. The fraction of sp³-hybridized carbons (Fsp3) is 0.421. The van der Waals surface area contributed by atoms with Gasteiger partial charge in [0, 0.05) is 12.0 Å². The van der Waals surface area contributed by atoms with Gasteiger partial charge in [-0.1, -0.05) is 26.8 Å². The number of aromatic nitrogens is 2. The predicted octanol–water partition coefficient (Wildman–Crippen LogP) is 2.41. The topological polar surface area (TPSA) is 86.9 Å². The molecule has 3 N–H and O–H groups in total. The monoisotopic (exact) mass is 358 g/mol. The molecule has 0 radical (unpaired) electrons. The van der Waals surface area contributed by atoms with Gasteiger partial charge in [0.25, 0.3) is 11.5 Å². The summed E-state index contributed by atoms with van der Waals surface area (Å²) in [5.41, 5.74) is 0.912. The smallest absolute Gasteiger partial charge is 0.264 e. The van der Waals surface area contributed by atoms with Crippen molar-refractivity contribution in [3.8, 4) is 0 Å².